The highest BCUT2D eigenvalue weighted by molar-refractivity contribution is 5.92. The monoisotopic (exact) mass is 405 g/mol. The maximum Gasteiger partial charge on any atom is 0.417 e. The molecule has 0 saturated heterocycles. The van der Waals surface area contributed by atoms with E-state index in [1.165, 1.54) is 10.7 Å². The molecule has 1 aromatic carbocycles. The highest BCUT2D eigenvalue weighted by Gasteiger charge is 2.34. The molecule has 1 amide bonds. The highest BCUT2D eigenvalue weighted by atomic mass is 19.4. The largest absolute Gasteiger partial charge is 0.417 e. The summed E-state index contributed by atoms with van der Waals surface area (Å²) in [5.74, 6) is -0.177. The van der Waals surface area contributed by atoms with Crippen LogP contribution in [-0.4, -0.2) is 34.8 Å². The van der Waals surface area contributed by atoms with Crippen molar-refractivity contribution >= 4 is 11.6 Å². The Morgan fingerprint density at radius 3 is 2.52 bits per heavy atom. The van der Waals surface area contributed by atoms with Gasteiger partial charge in [0.2, 0.25) is 0 Å². The minimum Gasteiger partial charge on any atom is -0.372 e. The topological polar surface area (TPSA) is 74.0 Å². The number of aryl methyl sites for hydroxylation is 1. The molecule has 1 aromatic heterocycles. The molecular formula is C20H22F3N5O. The van der Waals surface area contributed by atoms with Gasteiger partial charge in [-0.1, -0.05) is 0 Å². The van der Waals surface area contributed by atoms with Crippen molar-refractivity contribution in [2.24, 2.45) is 7.05 Å². The van der Waals surface area contributed by atoms with Crippen LogP contribution in [0.1, 0.15) is 47.3 Å². The first-order chi connectivity index (χ1) is 13.7. The fourth-order valence-corrected chi connectivity index (χ4v) is 3.76. The lowest BCUT2D eigenvalue weighted by Gasteiger charge is -2.36. The van der Waals surface area contributed by atoms with Crippen molar-refractivity contribution < 1.29 is 18.0 Å². The molecule has 1 N–H and O–H groups in total. The van der Waals surface area contributed by atoms with Gasteiger partial charge >= 0.3 is 6.18 Å². The van der Waals surface area contributed by atoms with Crippen LogP contribution in [0.15, 0.2) is 30.5 Å². The summed E-state index contributed by atoms with van der Waals surface area (Å²) in [7, 11) is 3.47. The van der Waals surface area contributed by atoms with Crippen LogP contribution in [0.25, 0.3) is 0 Å². The van der Waals surface area contributed by atoms with Gasteiger partial charge in [-0.05, 0) is 49.9 Å². The zero-order valence-electron chi connectivity index (χ0n) is 16.2. The quantitative estimate of drug-likeness (QED) is 0.845. The van der Waals surface area contributed by atoms with Gasteiger partial charge < -0.3 is 10.2 Å². The normalized spacial score (nSPS) is 19.4. The van der Waals surface area contributed by atoms with Crippen molar-refractivity contribution in [2.75, 3.05) is 11.9 Å². The van der Waals surface area contributed by atoms with E-state index >= 15 is 0 Å². The Bertz CT molecular complexity index is 923. The summed E-state index contributed by atoms with van der Waals surface area (Å²) in [5.41, 5.74) is -0.377. The number of carbonyl (C=O) groups is 1. The van der Waals surface area contributed by atoms with Crippen LogP contribution in [0.2, 0.25) is 0 Å². The van der Waals surface area contributed by atoms with E-state index in [-0.39, 0.29) is 23.6 Å². The van der Waals surface area contributed by atoms with Crippen molar-refractivity contribution in [3.05, 3.63) is 47.3 Å². The molecule has 2 aromatic rings. The number of alkyl halides is 3. The molecule has 0 spiro atoms. The van der Waals surface area contributed by atoms with Crippen molar-refractivity contribution in [2.45, 2.75) is 43.9 Å². The summed E-state index contributed by atoms with van der Waals surface area (Å²) in [6.07, 6.45) is -0.0480. The van der Waals surface area contributed by atoms with Gasteiger partial charge in [0, 0.05) is 38.1 Å². The summed E-state index contributed by atoms with van der Waals surface area (Å²) < 4.78 is 41.2. The fraction of sp³-hybridized carbons (Fsp3) is 0.450. The molecule has 1 fully saturated rings. The van der Waals surface area contributed by atoms with E-state index < -0.39 is 11.7 Å². The van der Waals surface area contributed by atoms with Gasteiger partial charge in [0.1, 0.15) is 5.69 Å². The molecule has 1 aliphatic rings. The molecule has 1 aliphatic carbocycles. The molecule has 9 heteroatoms. The number of benzene rings is 1. The number of amides is 1. The van der Waals surface area contributed by atoms with E-state index in [4.69, 9.17) is 5.26 Å². The van der Waals surface area contributed by atoms with Crippen LogP contribution in [-0.2, 0) is 13.2 Å². The highest BCUT2D eigenvalue weighted by Crippen LogP contribution is 2.35. The number of aromatic nitrogens is 2. The minimum absolute atomic E-state index is 0.0220. The third-order valence-electron chi connectivity index (χ3n) is 5.47. The molecule has 6 nitrogen and oxygen atoms in total. The van der Waals surface area contributed by atoms with E-state index in [0.29, 0.717) is 11.4 Å². The number of halogens is 3. The number of nitrogens with one attached hydrogen (secondary N) is 1. The van der Waals surface area contributed by atoms with Crippen LogP contribution >= 0.6 is 0 Å². The lowest BCUT2D eigenvalue weighted by Crippen LogP contribution is -2.43. The number of nitrogens with zero attached hydrogens (tertiary/aromatic N) is 4. The van der Waals surface area contributed by atoms with Crippen LogP contribution in [0.5, 0.6) is 0 Å². The molecule has 0 bridgehead atoms. The summed E-state index contributed by atoms with van der Waals surface area (Å²) in [5, 5.41) is 15.9. The SMILES string of the molecule is Cn1nccc1C(=O)N[C@H]1CC[C@@H](N(C)c2ccc(C#N)c(C(F)(F)F)c2)CC1. The summed E-state index contributed by atoms with van der Waals surface area (Å²) in [6, 6.07) is 7.14. The molecule has 1 heterocycles. The van der Waals surface area contributed by atoms with Gasteiger partial charge in [-0.2, -0.15) is 23.5 Å². The van der Waals surface area contributed by atoms with Crippen LogP contribution in [0.4, 0.5) is 18.9 Å². The number of carbonyl (C=O) groups excluding carboxylic acids is 1. The van der Waals surface area contributed by atoms with Crippen LogP contribution in [0, 0.1) is 11.3 Å². The van der Waals surface area contributed by atoms with E-state index in [9.17, 15) is 18.0 Å². The van der Waals surface area contributed by atoms with Gasteiger partial charge in [0.15, 0.2) is 0 Å². The van der Waals surface area contributed by atoms with E-state index in [0.717, 1.165) is 31.7 Å². The minimum atomic E-state index is -4.57. The predicted molar refractivity (Wildman–Crippen MR) is 101 cm³/mol. The first kappa shape index (κ1) is 20.7. The second kappa shape index (κ2) is 8.15. The van der Waals surface area contributed by atoms with Gasteiger partial charge in [-0.15, -0.1) is 0 Å². The van der Waals surface area contributed by atoms with Crippen molar-refractivity contribution in [3.63, 3.8) is 0 Å². The van der Waals surface area contributed by atoms with E-state index in [2.05, 4.69) is 10.4 Å². The van der Waals surface area contributed by atoms with Crippen LogP contribution < -0.4 is 10.2 Å². The summed E-state index contributed by atoms with van der Waals surface area (Å²) in [6.45, 7) is 0. The zero-order chi connectivity index (χ0) is 21.2. The fourth-order valence-electron chi connectivity index (χ4n) is 3.76. The molecule has 0 aliphatic heterocycles. The van der Waals surface area contributed by atoms with Gasteiger partial charge in [0.25, 0.3) is 5.91 Å². The number of anilines is 1. The Labute approximate surface area is 166 Å². The Hall–Kier alpha value is -3.02. The van der Waals surface area contributed by atoms with Crippen molar-refractivity contribution in [3.8, 4) is 6.07 Å². The molecule has 1 saturated carbocycles. The average molecular weight is 405 g/mol. The first-order valence-corrected chi connectivity index (χ1v) is 9.33. The zero-order valence-corrected chi connectivity index (χ0v) is 16.2. The molecule has 3 rings (SSSR count). The number of hydrogen-bond donors (Lipinski definition) is 1. The Morgan fingerprint density at radius 1 is 1.28 bits per heavy atom. The van der Waals surface area contributed by atoms with Crippen molar-refractivity contribution in [1.82, 2.24) is 15.1 Å². The van der Waals surface area contributed by atoms with Crippen molar-refractivity contribution in [1.29, 1.82) is 5.26 Å². The first-order valence-electron chi connectivity index (χ1n) is 9.33. The molecule has 154 valence electrons. The molecule has 0 atom stereocenters. The third-order valence-corrected chi connectivity index (χ3v) is 5.47. The molecule has 0 radical (unpaired) electrons. The van der Waals surface area contributed by atoms with Gasteiger partial charge in [-0.25, -0.2) is 0 Å². The average Bonchev–Trinajstić information content (AvgIpc) is 3.13. The predicted octanol–water partition coefficient (Wildman–Crippen LogP) is 3.49. The molecule has 0 unspecified atom stereocenters. The smallest absolute Gasteiger partial charge is 0.372 e. The Kier molecular flexibility index (Phi) is 5.82. The van der Waals surface area contributed by atoms with Crippen LogP contribution in [0.3, 0.4) is 0 Å². The lowest BCUT2D eigenvalue weighted by molar-refractivity contribution is -0.137. The second-order valence-corrected chi connectivity index (χ2v) is 7.27. The van der Waals surface area contributed by atoms with E-state index in [1.807, 2.05) is 4.90 Å². The summed E-state index contributed by atoms with van der Waals surface area (Å²) in [4.78, 5) is 14.1. The van der Waals surface area contributed by atoms with E-state index in [1.54, 1.807) is 38.5 Å². The Balaban J connectivity index is 1.63. The Morgan fingerprint density at radius 2 is 1.97 bits per heavy atom. The van der Waals surface area contributed by atoms with Gasteiger partial charge in [0.05, 0.1) is 17.2 Å². The third kappa shape index (κ3) is 4.53. The van der Waals surface area contributed by atoms with Gasteiger partial charge in [-0.3, -0.25) is 9.48 Å². The standard InChI is InChI=1S/C20H22F3N5O/c1-27(16-6-3-13(12-24)17(11-16)20(21,22)23)15-7-4-14(5-8-15)26-19(29)18-9-10-25-28(18)2/h3,6,9-11,14-15H,4-5,7-8H2,1-2H3,(H,26,29)/t14-,15+. The number of nitriles is 1. The molecular weight excluding hydrogens is 383 g/mol. The lowest BCUT2D eigenvalue weighted by atomic mass is 9.90. The summed E-state index contributed by atoms with van der Waals surface area (Å²) >= 11 is 0. The second-order valence-electron chi connectivity index (χ2n) is 7.27. The maximum atomic E-state index is 13.2. The molecule has 29 heavy (non-hydrogen) atoms. The number of rotatable bonds is 4. The maximum absolute atomic E-state index is 13.2. The number of hydrogen-bond acceptors (Lipinski definition) is 4.